The molecule has 2 aliphatic carbocycles. The van der Waals surface area contributed by atoms with Crippen molar-refractivity contribution >= 4 is 34.8 Å². The Balaban J connectivity index is 1.32. The third kappa shape index (κ3) is 4.46. The predicted octanol–water partition coefficient (Wildman–Crippen LogP) is 5.40. The quantitative estimate of drug-likeness (QED) is 0.436. The molecule has 9 heteroatoms. The number of anilines is 1. The molecule has 0 saturated heterocycles. The maximum atomic E-state index is 13.0. The monoisotopic (exact) mass is 480 g/mol. The van der Waals surface area contributed by atoms with Gasteiger partial charge in [0.05, 0.1) is 11.3 Å². The van der Waals surface area contributed by atoms with E-state index in [9.17, 15) is 10.1 Å². The van der Waals surface area contributed by atoms with Gasteiger partial charge < -0.3 is 14.5 Å². The first-order valence-corrected chi connectivity index (χ1v) is 13.4. The van der Waals surface area contributed by atoms with Gasteiger partial charge in [0.25, 0.3) is 0 Å². The molecular formula is C24H28N6OS2. The molecule has 0 unspecified atom stereocenters. The van der Waals surface area contributed by atoms with Gasteiger partial charge in [-0.25, -0.2) is 0 Å². The van der Waals surface area contributed by atoms with Crippen LogP contribution in [0.2, 0.25) is 0 Å². The van der Waals surface area contributed by atoms with Crippen molar-refractivity contribution < 1.29 is 4.79 Å². The molecule has 0 radical (unpaired) electrons. The predicted molar refractivity (Wildman–Crippen MR) is 131 cm³/mol. The van der Waals surface area contributed by atoms with Crippen LogP contribution in [0.1, 0.15) is 78.1 Å². The SMILES string of the molecule is Cc1c(C#N)c(NC(=O)CSc2nnc(Cc3cccs3)n2C2CC2)n(C2CCCC2)c1C. The van der Waals surface area contributed by atoms with Crippen molar-refractivity contribution in [1.29, 1.82) is 5.26 Å². The molecule has 33 heavy (non-hydrogen) atoms. The Kier molecular flexibility index (Phi) is 6.30. The number of rotatable bonds is 8. The number of hydrogen-bond donors (Lipinski definition) is 1. The first kappa shape index (κ1) is 22.2. The largest absolute Gasteiger partial charge is 0.327 e. The lowest BCUT2D eigenvalue weighted by Gasteiger charge is -2.19. The Hall–Kier alpha value is -2.57. The second-order valence-corrected chi connectivity index (χ2v) is 10.9. The zero-order valence-corrected chi connectivity index (χ0v) is 20.6. The molecule has 1 amide bonds. The Morgan fingerprint density at radius 2 is 1.97 bits per heavy atom. The molecule has 172 valence electrons. The summed E-state index contributed by atoms with van der Waals surface area (Å²) in [6.07, 6.45) is 7.60. The molecule has 2 saturated carbocycles. The fraction of sp³-hybridized carbons (Fsp3) is 0.500. The van der Waals surface area contributed by atoms with Gasteiger partial charge in [-0.15, -0.1) is 21.5 Å². The van der Waals surface area contributed by atoms with Gasteiger partial charge in [0.2, 0.25) is 5.91 Å². The number of aromatic nitrogens is 4. The maximum Gasteiger partial charge on any atom is 0.235 e. The van der Waals surface area contributed by atoms with Gasteiger partial charge in [-0.1, -0.05) is 30.7 Å². The number of hydrogen-bond acceptors (Lipinski definition) is 6. The van der Waals surface area contributed by atoms with Crippen LogP contribution in [-0.4, -0.2) is 31.0 Å². The van der Waals surface area contributed by atoms with Crippen LogP contribution in [0, 0.1) is 25.2 Å². The van der Waals surface area contributed by atoms with E-state index in [4.69, 9.17) is 0 Å². The van der Waals surface area contributed by atoms with Crippen LogP contribution in [0.5, 0.6) is 0 Å². The van der Waals surface area contributed by atoms with E-state index in [1.165, 1.54) is 29.5 Å². The summed E-state index contributed by atoms with van der Waals surface area (Å²) in [5.41, 5.74) is 2.62. The van der Waals surface area contributed by atoms with Gasteiger partial charge in [-0.05, 0) is 56.5 Å². The second-order valence-electron chi connectivity index (χ2n) is 8.95. The Morgan fingerprint density at radius 3 is 2.64 bits per heavy atom. The van der Waals surface area contributed by atoms with Gasteiger partial charge in [0.15, 0.2) is 5.16 Å². The number of thioether (sulfide) groups is 1. The average Bonchev–Trinajstić information content (AvgIpc) is 3.20. The summed E-state index contributed by atoms with van der Waals surface area (Å²) in [6.45, 7) is 4.02. The second kappa shape index (κ2) is 9.35. The number of carbonyl (C=O) groups is 1. The summed E-state index contributed by atoms with van der Waals surface area (Å²) in [5.74, 6) is 1.75. The van der Waals surface area contributed by atoms with E-state index in [0.717, 1.165) is 54.3 Å². The van der Waals surface area contributed by atoms with Crippen molar-refractivity contribution in [2.75, 3.05) is 11.1 Å². The lowest BCUT2D eigenvalue weighted by atomic mass is 10.2. The Bertz CT molecular complexity index is 1190. The molecule has 3 aromatic heterocycles. The maximum absolute atomic E-state index is 13.0. The van der Waals surface area contributed by atoms with E-state index >= 15 is 0 Å². The van der Waals surface area contributed by atoms with Crippen molar-refractivity contribution in [3.8, 4) is 6.07 Å². The highest BCUT2D eigenvalue weighted by Gasteiger charge is 2.30. The average molecular weight is 481 g/mol. The normalized spacial score (nSPS) is 16.3. The molecule has 0 atom stereocenters. The molecule has 7 nitrogen and oxygen atoms in total. The van der Waals surface area contributed by atoms with E-state index in [-0.39, 0.29) is 11.7 Å². The first-order valence-electron chi connectivity index (χ1n) is 11.6. The van der Waals surface area contributed by atoms with E-state index in [0.29, 0.717) is 23.5 Å². The van der Waals surface area contributed by atoms with Crippen LogP contribution in [-0.2, 0) is 11.2 Å². The molecule has 3 heterocycles. The van der Waals surface area contributed by atoms with E-state index in [1.54, 1.807) is 11.3 Å². The van der Waals surface area contributed by atoms with E-state index in [1.807, 2.05) is 13.8 Å². The molecule has 0 spiro atoms. The van der Waals surface area contributed by atoms with E-state index in [2.05, 4.69) is 48.2 Å². The summed E-state index contributed by atoms with van der Waals surface area (Å²) in [4.78, 5) is 14.3. The molecule has 0 bridgehead atoms. The molecule has 2 fully saturated rings. The third-order valence-corrected chi connectivity index (χ3v) is 8.53. The fourth-order valence-electron chi connectivity index (χ4n) is 4.80. The highest BCUT2D eigenvalue weighted by atomic mass is 32.2. The van der Waals surface area contributed by atoms with Gasteiger partial charge in [0, 0.05) is 29.1 Å². The lowest BCUT2D eigenvalue weighted by Crippen LogP contribution is -2.20. The third-order valence-electron chi connectivity index (χ3n) is 6.71. The summed E-state index contributed by atoms with van der Waals surface area (Å²) in [7, 11) is 0. The molecule has 2 aliphatic rings. The lowest BCUT2D eigenvalue weighted by molar-refractivity contribution is -0.113. The zero-order valence-electron chi connectivity index (χ0n) is 19.0. The van der Waals surface area contributed by atoms with E-state index < -0.39 is 0 Å². The highest BCUT2D eigenvalue weighted by molar-refractivity contribution is 7.99. The number of nitrogens with one attached hydrogen (secondary N) is 1. The van der Waals surface area contributed by atoms with Gasteiger partial charge in [-0.2, -0.15) is 5.26 Å². The molecule has 1 N–H and O–H groups in total. The van der Waals surface area contributed by atoms with Crippen LogP contribution in [0.3, 0.4) is 0 Å². The van der Waals surface area contributed by atoms with Crippen LogP contribution >= 0.6 is 23.1 Å². The van der Waals surface area contributed by atoms with Crippen LogP contribution in [0.15, 0.2) is 22.7 Å². The van der Waals surface area contributed by atoms with Crippen LogP contribution in [0.25, 0.3) is 0 Å². The number of nitrogens with zero attached hydrogens (tertiary/aromatic N) is 5. The highest BCUT2D eigenvalue weighted by Crippen LogP contribution is 2.40. The molecule has 0 aliphatic heterocycles. The number of thiophene rings is 1. The Labute approximate surface area is 202 Å². The van der Waals surface area contributed by atoms with Gasteiger partial charge in [-0.3, -0.25) is 4.79 Å². The van der Waals surface area contributed by atoms with Gasteiger partial charge >= 0.3 is 0 Å². The molecular weight excluding hydrogens is 452 g/mol. The summed E-state index contributed by atoms with van der Waals surface area (Å²) < 4.78 is 4.41. The minimum atomic E-state index is -0.113. The topological polar surface area (TPSA) is 88.5 Å². The van der Waals surface area contributed by atoms with Crippen molar-refractivity contribution in [2.45, 2.75) is 76.0 Å². The Morgan fingerprint density at radius 1 is 1.21 bits per heavy atom. The fourth-order valence-corrected chi connectivity index (χ4v) is 6.32. The van der Waals surface area contributed by atoms with Crippen LogP contribution in [0.4, 0.5) is 5.82 Å². The zero-order chi connectivity index (χ0) is 22.9. The van der Waals surface area contributed by atoms with Crippen LogP contribution < -0.4 is 5.32 Å². The number of carbonyl (C=O) groups excluding carboxylic acids is 1. The minimum Gasteiger partial charge on any atom is -0.327 e. The minimum absolute atomic E-state index is 0.113. The van der Waals surface area contributed by atoms with Crippen molar-refractivity contribution in [1.82, 2.24) is 19.3 Å². The van der Waals surface area contributed by atoms with Crippen molar-refractivity contribution in [3.63, 3.8) is 0 Å². The molecule has 3 aromatic rings. The number of nitriles is 1. The summed E-state index contributed by atoms with van der Waals surface area (Å²) in [6, 6.07) is 7.28. The molecule has 5 rings (SSSR count). The molecule has 0 aromatic carbocycles. The summed E-state index contributed by atoms with van der Waals surface area (Å²) in [5, 5.41) is 24.6. The van der Waals surface area contributed by atoms with Crippen molar-refractivity contribution in [2.24, 2.45) is 0 Å². The number of amides is 1. The summed E-state index contributed by atoms with van der Waals surface area (Å²) >= 11 is 3.15. The van der Waals surface area contributed by atoms with Gasteiger partial charge in [0.1, 0.15) is 17.7 Å². The standard InChI is InChI=1S/C24H28N6OS2/c1-15-16(2)29(17-6-3-4-7-17)23(20(15)13-25)26-22(31)14-33-24-28-27-21(30(24)18-9-10-18)12-19-8-5-11-32-19/h5,8,11,17-18H,3-4,6-7,9-10,12,14H2,1-2H3,(H,26,31). The smallest absolute Gasteiger partial charge is 0.235 e. The first-order chi connectivity index (χ1) is 16.1. The van der Waals surface area contributed by atoms with Crippen molar-refractivity contribution in [3.05, 3.63) is 45.0 Å².